The van der Waals surface area contributed by atoms with Crippen LogP contribution in [0.1, 0.15) is 25.1 Å². The number of nitrogens with one attached hydrogen (secondary N) is 1. The van der Waals surface area contributed by atoms with Crippen LogP contribution in [0.3, 0.4) is 0 Å². The molecule has 72 valence electrons. The lowest BCUT2D eigenvalue weighted by molar-refractivity contribution is 0.529. The lowest BCUT2D eigenvalue weighted by Crippen LogP contribution is -2.29. The molecule has 0 fully saturated rings. The molecule has 0 aliphatic rings. The number of nitrogens with two attached hydrogens (primary N) is 1. The molecule has 0 aliphatic heterocycles. The van der Waals surface area contributed by atoms with E-state index >= 15 is 0 Å². The molecule has 0 spiro atoms. The molecule has 0 aromatic carbocycles. The predicted octanol–water partition coefficient (Wildman–Crippen LogP) is 1.08. The van der Waals surface area contributed by atoms with E-state index in [1.807, 2.05) is 18.2 Å². The predicted molar refractivity (Wildman–Crippen MR) is 54.3 cm³/mol. The van der Waals surface area contributed by atoms with Crippen LogP contribution in [0.2, 0.25) is 0 Å². The molecule has 0 saturated carbocycles. The van der Waals surface area contributed by atoms with Crippen molar-refractivity contribution in [1.82, 2.24) is 10.3 Å². The molecule has 0 amide bonds. The largest absolute Gasteiger partial charge is 0.329 e. The van der Waals surface area contributed by atoms with Crippen LogP contribution in [0.4, 0.5) is 0 Å². The first-order valence-corrected chi connectivity index (χ1v) is 4.72. The Bertz CT molecular complexity index is 223. The second-order valence-electron chi connectivity index (χ2n) is 3.00. The van der Waals surface area contributed by atoms with Gasteiger partial charge in [0.25, 0.3) is 0 Å². The lowest BCUT2D eigenvalue weighted by atomic mass is 10.2. The molecule has 1 unspecified atom stereocenters. The fourth-order valence-corrected chi connectivity index (χ4v) is 1.21. The SMILES string of the molecule is CCCNC(CN)c1ccccn1. The maximum absolute atomic E-state index is 5.64. The van der Waals surface area contributed by atoms with Crippen molar-refractivity contribution in [2.75, 3.05) is 13.1 Å². The summed E-state index contributed by atoms with van der Waals surface area (Å²) in [4.78, 5) is 4.26. The fraction of sp³-hybridized carbons (Fsp3) is 0.500. The summed E-state index contributed by atoms with van der Waals surface area (Å²) in [7, 11) is 0. The molecular formula is C10H17N3. The van der Waals surface area contributed by atoms with Crippen molar-refractivity contribution in [2.45, 2.75) is 19.4 Å². The van der Waals surface area contributed by atoms with Crippen molar-refractivity contribution in [3.8, 4) is 0 Å². The summed E-state index contributed by atoms with van der Waals surface area (Å²) in [5.41, 5.74) is 6.67. The van der Waals surface area contributed by atoms with E-state index in [1.165, 1.54) is 0 Å². The normalized spacial score (nSPS) is 12.8. The van der Waals surface area contributed by atoms with E-state index in [-0.39, 0.29) is 6.04 Å². The Hall–Kier alpha value is -0.930. The molecule has 1 aromatic rings. The third kappa shape index (κ3) is 3.13. The van der Waals surface area contributed by atoms with Crippen LogP contribution in [0, 0.1) is 0 Å². The number of hydrogen-bond donors (Lipinski definition) is 2. The van der Waals surface area contributed by atoms with E-state index in [2.05, 4.69) is 17.2 Å². The molecule has 1 aromatic heterocycles. The topological polar surface area (TPSA) is 50.9 Å². The summed E-state index contributed by atoms with van der Waals surface area (Å²) in [6.45, 7) is 3.72. The summed E-state index contributed by atoms with van der Waals surface area (Å²) in [6, 6.07) is 6.09. The third-order valence-corrected chi connectivity index (χ3v) is 1.92. The summed E-state index contributed by atoms with van der Waals surface area (Å²) >= 11 is 0. The minimum absolute atomic E-state index is 0.196. The molecule has 3 nitrogen and oxygen atoms in total. The Kier molecular flexibility index (Phi) is 4.43. The van der Waals surface area contributed by atoms with Crippen LogP contribution in [0.5, 0.6) is 0 Å². The average molecular weight is 179 g/mol. The van der Waals surface area contributed by atoms with Crippen LogP contribution in [-0.4, -0.2) is 18.1 Å². The van der Waals surface area contributed by atoms with Crippen LogP contribution < -0.4 is 11.1 Å². The van der Waals surface area contributed by atoms with Crippen LogP contribution in [0.15, 0.2) is 24.4 Å². The summed E-state index contributed by atoms with van der Waals surface area (Å²) in [5.74, 6) is 0. The molecular weight excluding hydrogens is 162 g/mol. The second kappa shape index (κ2) is 5.67. The summed E-state index contributed by atoms with van der Waals surface area (Å²) in [5, 5.41) is 3.35. The maximum Gasteiger partial charge on any atom is 0.0619 e. The van der Waals surface area contributed by atoms with E-state index in [9.17, 15) is 0 Å². The van der Waals surface area contributed by atoms with E-state index in [0.29, 0.717) is 6.54 Å². The molecule has 13 heavy (non-hydrogen) atoms. The Morgan fingerprint density at radius 2 is 2.38 bits per heavy atom. The highest BCUT2D eigenvalue weighted by Gasteiger charge is 2.07. The van der Waals surface area contributed by atoms with E-state index < -0.39 is 0 Å². The Morgan fingerprint density at radius 3 is 2.92 bits per heavy atom. The number of pyridine rings is 1. The van der Waals surface area contributed by atoms with Gasteiger partial charge in [0.15, 0.2) is 0 Å². The Balaban J connectivity index is 2.56. The smallest absolute Gasteiger partial charge is 0.0619 e. The zero-order valence-corrected chi connectivity index (χ0v) is 8.03. The highest BCUT2D eigenvalue weighted by molar-refractivity contribution is 5.08. The highest BCUT2D eigenvalue weighted by Crippen LogP contribution is 2.06. The minimum atomic E-state index is 0.196. The van der Waals surface area contributed by atoms with Crippen molar-refractivity contribution < 1.29 is 0 Å². The second-order valence-corrected chi connectivity index (χ2v) is 3.00. The number of aromatic nitrogens is 1. The molecule has 3 heteroatoms. The van der Waals surface area contributed by atoms with Gasteiger partial charge in [-0.3, -0.25) is 4.98 Å². The number of hydrogen-bond acceptors (Lipinski definition) is 3. The summed E-state index contributed by atoms with van der Waals surface area (Å²) in [6.07, 6.45) is 2.91. The molecule has 3 N–H and O–H groups in total. The monoisotopic (exact) mass is 179 g/mol. The molecule has 0 aliphatic carbocycles. The van der Waals surface area contributed by atoms with Crippen molar-refractivity contribution in [1.29, 1.82) is 0 Å². The van der Waals surface area contributed by atoms with E-state index in [4.69, 9.17) is 5.73 Å². The van der Waals surface area contributed by atoms with Crippen molar-refractivity contribution in [3.63, 3.8) is 0 Å². The van der Waals surface area contributed by atoms with Crippen LogP contribution in [-0.2, 0) is 0 Å². The molecule has 1 atom stereocenters. The maximum atomic E-state index is 5.64. The van der Waals surface area contributed by atoms with Gasteiger partial charge >= 0.3 is 0 Å². The Morgan fingerprint density at radius 1 is 1.54 bits per heavy atom. The van der Waals surface area contributed by atoms with Gasteiger partial charge in [-0.25, -0.2) is 0 Å². The molecule has 0 bridgehead atoms. The summed E-state index contributed by atoms with van der Waals surface area (Å²) < 4.78 is 0. The molecule has 0 radical (unpaired) electrons. The van der Waals surface area contributed by atoms with Crippen molar-refractivity contribution in [3.05, 3.63) is 30.1 Å². The zero-order valence-electron chi connectivity index (χ0n) is 8.03. The molecule has 1 heterocycles. The first-order valence-electron chi connectivity index (χ1n) is 4.72. The standard InChI is InChI=1S/C10H17N3/c1-2-6-12-10(8-11)9-5-3-4-7-13-9/h3-5,7,10,12H,2,6,8,11H2,1H3. The first kappa shape index (κ1) is 10.2. The molecule has 0 saturated heterocycles. The van der Waals surface area contributed by atoms with Gasteiger partial charge in [0.1, 0.15) is 0 Å². The Labute approximate surface area is 79.4 Å². The van der Waals surface area contributed by atoms with Crippen molar-refractivity contribution in [2.24, 2.45) is 5.73 Å². The van der Waals surface area contributed by atoms with Gasteiger partial charge in [0.2, 0.25) is 0 Å². The minimum Gasteiger partial charge on any atom is -0.329 e. The molecule has 1 rings (SSSR count). The van der Waals surface area contributed by atoms with E-state index in [1.54, 1.807) is 6.20 Å². The lowest BCUT2D eigenvalue weighted by Gasteiger charge is -2.15. The van der Waals surface area contributed by atoms with Gasteiger partial charge in [-0.1, -0.05) is 13.0 Å². The van der Waals surface area contributed by atoms with Crippen LogP contribution in [0.25, 0.3) is 0 Å². The third-order valence-electron chi connectivity index (χ3n) is 1.92. The van der Waals surface area contributed by atoms with Gasteiger partial charge < -0.3 is 11.1 Å². The van der Waals surface area contributed by atoms with E-state index in [0.717, 1.165) is 18.7 Å². The van der Waals surface area contributed by atoms with Crippen LogP contribution >= 0.6 is 0 Å². The van der Waals surface area contributed by atoms with Gasteiger partial charge in [-0.2, -0.15) is 0 Å². The van der Waals surface area contributed by atoms with Gasteiger partial charge in [0, 0.05) is 12.7 Å². The zero-order chi connectivity index (χ0) is 9.52. The van der Waals surface area contributed by atoms with Gasteiger partial charge in [0.05, 0.1) is 11.7 Å². The number of nitrogens with zero attached hydrogens (tertiary/aromatic N) is 1. The average Bonchev–Trinajstić information content (AvgIpc) is 2.21. The fourth-order valence-electron chi connectivity index (χ4n) is 1.21. The quantitative estimate of drug-likeness (QED) is 0.711. The van der Waals surface area contributed by atoms with Gasteiger partial charge in [-0.05, 0) is 25.1 Å². The highest BCUT2D eigenvalue weighted by atomic mass is 15.0. The van der Waals surface area contributed by atoms with Crippen molar-refractivity contribution >= 4 is 0 Å². The first-order chi connectivity index (χ1) is 6.38. The van der Waals surface area contributed by atoms with Gasteiger partial charge in [-0.15, -0.1) is 0 Å². The number of rotatable bonds is 5.